The van der Waals surface area contributed by atoms with Crippen molar-refractivity contribution in [3.63, 3.8) is 0 Å². The lowest BCUT2D eigenvalue weighted by Gasteiger charge is -2.41. The zero-order valence-electron chi connectivity index (χ0n) is 11.8. The topological polar surface area (TPSA) is 79.5 Å². The molecule has 1 aliphatic carbocycles. The van der Waals surface area contributed by atoms with Crippen LogP contribution in [0.5, 0.6) is 0 Å². The molecule has 0 atom stereocenters. The molecular formula is C14H16F2N4O2. The zero-order valence-corrected chi connectivity index (χ0v) is 11.8. The summed E-state index contributed by atoms with van der Waals surface area (Å²) in [6, 6.07) is 5.39. The molecule has 0 saturated heterocycles. The van der Waals surface area contributed by atoms with Crippen molar-refractivity contribution < 1.29 is 18.7 Å². The number of fused-ring (bicyclic) bond motifs is 1. The Kier molecular flexibility index (Phi) is 3.56. The number of rotatable bonds is 5. The lowest BCUT2D eigenvalue weighted by Crippen LogP contribution is -2.60. The first-order valence-corrected chi connectivity index (χ1v) is 7.11. The Morgan fingerprint density at radius 2 is 2.18 bits per heavy atom. The molecule has 8 heteroatoms. The summed E-state index contributed by atoms with van der Waals surface area (Å²) in [4.78, 5) is 11.6. The van der Waals surface area contributed by atoms with Crippen molar-refractivity contribution in [2.45, 2.75) is 37.2 Å². The zero-order chi connectivity index (χ0) is 15.8. The molecule has 1 amide bonds. The molecule has 0 spiro atoms. The molecule has 22 heavy (non-hydrogen) atoms. The number of aliphatic hydroxyl groups is 1. The van der Waals surface area contributed by atoms with E-state index in [4.69, 9.17) is 0 Å². The largest absolute Gasteiger partial charge is 0.383 e. The number of hydrogen-bond donors (Lipinski definition) is 2. The van der Waals surface area contributed by atoms with Crippen LogP contribution in [0.2, 0.25) is 0 Å². The number of carbonyl (C=O) groups excluding carboxylic acids is 1. The van der Waals surface area contributed by atoms with Crippen molar-refractivity contribution in [1.82, 2.24) is 19.9 Å². The van der Waals surface area contributed by atoms with Crippen molar-refractivity contribution in [1.29, 1.82) is 0 Å². The van der Waals surface area contributed by atoms with E-state index in [1.807, 2.05) is 6.07 Å². The molecule has 2 N–H and O–H groups in total. The van der Waals surface area contributed by atoms with Gasteiger partial charge in [-0.3, -0.25) is 9.20 Å². The van der Waals surface area contributed by atoms with Gasteiger partial charge in [0.05, 0.1) is 0 Å². The van der Waals surface area contributed by atoms with Gasteiger partial charge in [0.1, 0.15) is 11.4 Å². The molecule has 2 aromatic heterocycles. The van der Waals surface area contributed by atoms with Crippen LogP contribution < -0.4 is 5.32 Å². The van der Waals surface area contributed by atoms with Crippen LogP contribution in [-0.2, 0) is 11.2 Å². The van der Waals surface area contributed by atoms with Crippen molar-refractivity contribution in [3.05, 3.63) is 30.2 Å². The van der Waals surface area contributed by atoms with E-state index in [0.29, 0.717) is 17.9 Å². The molecule has 0 aliphatic heterocycles. The average molecular weight is 310 g/mol. The number of carbonyl (C=O) groups is 1. The second-order valence-electron chi connectivity index (χ2n) is 5.51. The number of amides is 1. The summed E-state index contributed by atoms with van der Waals surface area (Å²) in [6.45, 7) is 0.000189. The normalized spacial score (nSPS) is 17.2. The smallest absolute Gasteiger partial charge is 0.352 e. The fourth-order valence-electron chi connectivity index (χ4n) is 2.50. The maximum Gasteiger partial charge on any atom is 0.352 e. The summed E-state index contributed by atoms with van der Waals surface area (Å²) in [6.07, 6.45) is 2.43. The Hall–Kier alpha value is -2.09. The Morgan fingerprint density at radius 3 is 2.86 bits per heavy atom. The highest BCUT2D eigenvalue weighted by atomic mass is 19.3. The molecule has 2 heterocycles. The maximum absolute atomic E-state index is 13.9. The number of hydrogen-bond acceptors (Lipinski definition) is 4. The van der Waals surface area contributed by atoms with Crippen LogP contribution >= 0.6 is 0 Å². The van der Waals surface area contributed by atoms with Gasteiger partial charge >= 0.3 is 5.92 Å². The molecule has 1 fully saturated rings. The second kappa shape index (κ2) is 5.28. The van der Waals surface area contributed by atoms with Crippen LogP contribution in [0.25, 0.3) is 5.65 Å². The minimum Gasteiger partial charge on any atom is -0.383 e. The van der Waals surface area contributed by atoms with Crippen LogP contribution in [0.3, 0.4) is 0 Å². The van der Waals surface area contributed by atoms with Gasteiger partial charge in [-0.2, -0.15) is 8.78 Å². The second-order valence-corrected chi connectivity index (χ2v) is 5.51. The van der Waals surface area contributed by atoms with Gasteiger partial charge in [0.2, 0.25) is 0 Å². The van der Waals surface area contributed by atoms with Gasteiger partial charge in [-0.1, -0.05) is 6.07 Å². The molecule has 1 saturated carbocycles. The van der Waals surface area contributed by atoms with E-state index < -0.39 is 17.4 Å². The molecule has 0 unspecified atom stereocenters. The molecule has 1 aliphatic rings. The minimum absolute atomic E-state index is 0.000189. The standard InChI is InChI=1S/C14H16F2N4O2/c15-14(16,13(22)6-3-7-13)12(21)17-8-5-11-19-18-10-4-1-2-9-20(10)11/h1-2,4,9,22H,3,5-8H2,(H,17,21). The van der Waals surface area contributed by atoms with E-state index >= 15 is 0 Å². The summed E-state index contributed by atoms with van der Waals surface area (Å²) >= 11 is 0. The summed E-state index contributed by atoms with van der Waals surface area (Å²) in [7, 11) is 0. The Bertz CT molecular complexity index is 697. The first kappa shape index (κ1) is 14.8. The van der Waals surface area contributed by atoms with Crippen LogP contribution in [0.15, 0.2) is 24.4 Å². The van der Waals surface area contributed by atoms with Crippen molar-refractivity contribution >= 4 is 11.6 Å². The fourth-order valence-corrected chi connectivity index (χ4v) is 2.50. The van der Waals surface area contributed by atoms with Gasteiger partial charge in [-0.15, -0.1) is 10.2 Å². The van der Waals surface area contributed by atoms with Gasteiger partial charge in [-0.25, -0.2) is 0 Å². The van der Waals surface area contributed by atoms with E-state index in [0.717, 1.165) is 0 Å². The van der Waals surface area contributed by atoms with E-state index in [2.05, 4.69) is 15.5 Å². The number of nitrogens with zero attached hydrogens (tertiary/aromatic N) is 3. The Morgan fingerprint density at radius 1 is 1.41 bits per heavy atom. The monoisotopic (exact) mass is 310 g/mol. The summed E-state index contributed by atoms with van der Waals surface area (Å²) in [5.41, 5.74) is -1.54. The molecule has 0 radical (unpaired) electrons. The number of pyridine rings is 1. The third-order valence-electron chi connectivity index (χ3n) is 4.07. The lowest BCUT2D eigenvalue weighted by atomic mass is 9.75. The number of halogens is 2. The highest BCUT2D eigenvalue weighted by Crippen LogP contribution is 2.44. The minimum atomic E-state index is -3.77. The highest BCUT2D eigenvalue weighted by Gasteiger charge is 2.60. The summed E-state index contributed by atoms with van der Waals surface area (Å²) < 4.78 is 29.5. The van der Waals surface area contributed by atoms with E-state index in [9.17, 15) is 18.7 Å². The van der Waals surface area contributed by atoms with Crippen molar-refractivity contribution in [2.24, 2.45) is 0 Å². The quantitative estimate of drug-likeness (QED) is 0.861. The van der Waals surface area contributed by atoms with Gasteiger partial charge in [0.15, 0.2) is 5.65 Å². The van der Waals surface area contributed by atoms with Gasteiger partial charge in [-0.05, 0) is 31.4 Å². The van der Waals surface area contributed by atoms with Gasteiger partial charge in [0, 0.05) is 19.2 Å². The Labute approximate surface area is 125 Å². The fraction of sp³-hybridized carbons (Fsp3) is 0.500. The average Bonchev–Trinajstić information content (AvgIpc) is 2.88. The molecular weight excluding hydrogens is 294 g/mol. The van der Waals surface area contributed by atoms with Gasteiger partial charge < -0.3 is 10.4 Å². The summed E-state index contributed by atoms with van der Waals surface area (Å²) in [5.74, 6) is -4.64. The molecule has 3 rings (SSSR count). The van der Waals surface area contributed by atoms with Crippen LogP contribution in [-0.4, -0.2) is 43.7 Å². The number of aromatic nitrogens is 3. The highest BCUT2D eigenvalue weighted by molar-refractivity contribution is 5.85. The third kappa shape index (κ3) is 2.33. The molecule has 0 bridgehead atoms. The van der Waals surface area contributed by atoms with Crippen molar-refractivity contribution in [2.75, 3.05) is 6.54 Å². The van der Waals surface area contributed by atoms with Crippen LogP contribution in [0, 0.1) is 0 Å². The molecule has 6 nitrogen and oxygen atoms in total. The molecule has 118 valence electrons. The first-order valence-electron chi connectivity index (χ1n) is 7.11. The Balaban J connectivity index is 1.60. The van der Waals surface area contributed by atoms with Gasteiger partial charge in [0.25, 0.3) is 5.91 Å². The van der Waals surface area contributed by atoms with Crippen LogP contribution in [0.4, 0.5) is 8.78 Å². The molecule has 0 aromatic carbocycles. The third-order valence-corrected chi connectivity index (χ3v) is 4.07. The van der Waals surface area contributed by atoms with Crippen LogP contribution in [0.1, 0.15) is 25.1 Å². The van der Waals surface area contributed by atoms with Crippen molar-refractivity contribution in [3.8, 4) is 0 Å². The van der Waals surface area contributed by atoms with E-state index in [1.54, 1.807) is 22.7 Å². The SMILES string of the molecule is O=C(NCCc1nnc2ccccn12)C(F)(F)C1(O)CCC1. The number of nitrogens with one attached hydrogen (secondary N) is 1. The first-order chi connectivity index (χ1) is 10.4. The maximum atomic E-state index is 13.9. The summed E-state index contributed by atoms with van der Waals surface area (Å²) in [5, 5.41) is 19.8. The lowest BCUT2D eigenvalue weighted by molar-refractivity contribution is -0.215. The number of alkyl halides is 2. The molecule has 2 aromatic rings. The van der Waals surface area contributed by atoms with E-state index in [1.165, 1.54) is 0 Å². The van der Waals surface area contributed by atoms with E-state index in [-0.39, 0.29) is 25.8 Å². The predicted molar refractivity (Wildman–Crippen MR) is 73.4 cm³/mol. The predicted octanol–water partition coefficient (Wildman–Crippen LogP) is 0.938.